The predicted molar refractivity (Wildman–Crippen MR) is 79.9 cm³/mol. The van der Waals surface area contributed by atoms with Crippen molar-refractivity contribution in [1.29, 1.82) is 0 Å². The summed E-state index contributed by atoms with van der Waals surface area (Å²) in [6.07, 6.45) is 1.85. The van der Waals surface area contributed by atoms with Crippen molar-refractivity contribution in [3.05, 3.63) is 39.9 Å². The van der Waals surface area contributed by atoms with E-state index in [4.69, 9.17) is 0 Å². The first-order chi connectivity index (χ1) is 9.58. The van der Waals surface area contributed by atoms with Crippen LogP contribution in [0.2, 0.25) is 0 Å². The van der Waals surface area contributed by atoms with Gasteiger partial charge in [0.25, 0.3) is 5.69 Å². The van der Waals surface area contributed by atoms with E-state index < -0.39 is 0 Å². The average molecular weight is 277 g/mol. The lowest BCUT2D eigenvalue weighted by molar-refractivity contribution is -0.385. The topological polar surface area (TPSA) is 58.4 Å². The minimum atomic E-state index is -0.298. The number of hydrogen-bond donors (Lipinski definition) is 1. The number of nitro benzene ring substituents is 1. The van der Waals surface area contributed by atoms with E-state index in [0.29, 0.717) is 18.4 Å². The second-order valence-corrected chi connectivity index (χ2v) is 5.72. The summed E-state index contributed by atoms with van der Waals surface area (Å²) in [7, 11) is 2.15. The molecule has 1 aromatic rings. The molecule has 2 unspecified atom stereocenters. The Kier molecular flexibility index (Phi) is 5.09. The van der Waals surface area contributed by atoms with Gasteiger partial charge in [-0.3, -0.25) is 10.1 Å². The fourth-order valence-electron chi connectivity index (χ4n) is 2.95. The van der Waals surface area contributed by atoms with Crippen LogP contribution in [0.15, 0.2) is 24.3 Å². The van der Waals surface area contributed by atoms with Crippen LogP contribution in [-0.2, 0) is 6.42 Å². The van der Waals surface area contributed by atoms with Crippen LogP contribution >= 0.6 is 0 Å². The molecule has 1 fully saturated rings. The normalized spacial score (nSPS) is 23.7. The van der Waals surface area contributed by atoms with Crippen LogP contribution in [-0.4, -0.2) is 42.5 Å². The fourth-order valence-corrected chi connectivity index (χ4v) is 2.95. The molecule has 1 saturated heterocycles. The van der Waals surface area contributed by atoms with Gasteiger partial charge in [-0.15, -0.1) is 0 Å². The molecule has 0 radical (unpaired) electrons. The predicted octanol–water partition coefficient (Wildman–Crippen LogP) is 2.07. The maximum atomic E-state index is 11.0. The maximum absolute atomic E-state index is 11.0. The number of nitrogens with one attached hydrogen (secondary N) is 1. The number of rotatable bonds is 5. The first-order valence-electron chi connectivity index (χ1n) is 7.22. The van der Waals surface area contributed by atoms with Gasteiger partial charge in [-0.2, -0.15) is 0 Å². The number of likely N-dealkylation sites (tertiary alicyclic amines) is 1. The third-order valence-electron chi connectivity index (χ3n) is 4.10. The van der Waals surface area contributed by atoms with Crippen molar-refractivity contribution in [2.45, 2.75) is 25.8 Å². The highest BCUT2D eigenvalue weighted by molar-refractivity contribution is 5.39. The van der Waals surface area contributed by atoms with E-state index in [1.54, 1.807) is 12.1 Å². The molecule has 0 aliphatic carbocycles. The van der Waals surface area contributed by atoms with Crippen molar-refractivity contribution >= 4 is 5.69 Å². The summed E-state index contributed by atoms with van der Waals surface area (Å²) in [6, 6.07) is 7.52. The smallest absolute Gasteiger partial charge is 0.272 e. The van der Waals surface area contributed by atoms with E-state index in [1.165, 1.54) is 0 Å². The van der Waals surface area contributed by atoms with Crippen molar-refractivity contribution in [2.24, 2.45) is 5.92 Å². The second kappa shape index (κ2) is 6.81. The van der Waals surface area contributed by atoms with E-state index in [0.717, 1.165) is 31.6 Å². The largest absolute Gasteiger partial charge is 0.313 e. The van der Waals surface area contributed by atoms with Crippen LogP contribution in [0.3, 0.4) is 0 Å². The van der Waals surface area contributed by atoms with Crippen molar-refractivity contribution in [2.75, 3.05) is 26.7 Å². The van der Waals surface area contributed by atoms with Gasteiger partial charge in [0.05, 0.1) is 4.92 Å². The Hall–Kier alpha value is -1.46. The zero-order valence-corrected chi connectivity index (χ0v) is 12.2. The van der Waals surface area contributed by atoms with Crippen LogP contribution in [0.5, 0.6) is 0 Å². The molecule has 0 aromatic heterocycles. The third-order valence-corrected chi connectivity index (χ3v) is 4.10. The van der Waals surface area contributed by atoms with Crippen LogP contribution in [0.1, 0.15) is 18.9 Å². The van der Waals surface area contributed by atoms with Crippen molar-refractivity contribution < 1.29 is 4.92 Å². The molecule has 1 heterocycles. The molecule has 2 atom stereocenters. The molecule has 0 amide bonds. The summed E-state index contributed by atoms with van der Waals surface area (Å²) in [4.78, 5) is 13.0. The molecular weight excluding hydrogens is 254 g/mol. The van der Waals surface area contributed by atoms with Gasteiger partial charge < -0.3 is 10.2 Å². The van der Waals surface area contributed by atoms with E-state index in [9.17, 15) is 10.1 Å². The Morgan fingerprint density at radius 1 is 1.45 bits per heavy atom. The van der Waals surface area contributed by atoms with Crippen LogP contribution in [0.25, 0.3) is 0 Å². The Bertz CT molecular complexity index is 464. The van der Waals surface area contributed by atoms with Gasteiger partial charge in [0, 0.05) is 24.2 Å². The summed E-state index contributed by atoms with van der Waals surface area (Å²) in [6.45, 7) is 5.29. The van der Waals surface area contributed by atoms with Gasteiger partial charge >= 0.3 is 0 Å². The Morgan fingerprint density at radius 3 is 2.90 bits per heavy atom. The second-order valence-electron chi connectivity index (χ2n) is 5.72. The molecule has 0 spiro atoms. The van der Waals surface area contributed by atoms with Crippen LogP contribution < -0.4 is 5.32 Å². The highest BCUT2D eigenvalue weighted by Crippen LogP contribution is 2.19. The SMILES string of the molecule is CC1CN(C)CCC1NCCc1ccccc1[N+](=O)[O-]. The number of nitrogens with zero attached hydrogens (tertiary/aromatic N) is 2. The molecule has 1 aliphatic rings. The monoisotopic (exact) mass is 277 g/mol. The lowest BCUT2D eigenvalue weighted by Crippen LogP contribution is -2.47. The summed E-state index contributed by atoms with van der Waals surface area (Å²) in [5.41, 5.74) is 1.04. The van der Waals surface area contributed by atoms with Gasteiger partial charge in [-0.1, -0.05) is 25.1 Å². The summed E-state index contributed by atoms with van der Waals surface area (Å²) in [5, 5.41) is 14.5. The fraction of sp³-hybridized carbons (Fsp3) is 0.600. The molecule has 20 heavy (non-hydrogen) atoms. The highest BCUT2D eigenvalue weighted by atomic mass is 16.6. The molecule has 110 valence electrons. The highest BCUT2D eigenvalue weighted by Gasteiger charge is 2.23. The van der Waals surface area contributed by atoms with Crippen LogP contribution in [0.4, 0.5) is 5.69 Å². The quantitative estimate of drug-likeness (QED) is 0.661. The molecule has 0 saturated carbocycles. The van der Waals surface area contributed by atoms with E-state index in [2.05, 4.69) is 24.2 Å². The molecular formula is C15H23N3O2. The number of hydrogen-bond acceptors (Lipinski definition) is 4. The van der Waals surface area contributed by atoms with Gasteiger partial charge in [0.15, 0.2) is 0 Å². The lowest BCUT2D eigenvalue weighted by Gasteiger charge is -2.35. The van der Waals surface area contributed by atoms with Gasteiger partial charge in [-0.05, 0) is 38.9 Å². The van der Waals surface area contributed by atoms with Crippen molar-refractivity contribution in [3.8, 4) is 0 Å². The minimum absolute atomic E-state index is 0.228. The minimum Gasteiger partial charge on any atom is -0.313 e. The molecule has 5 heteroatoms. The molecule has 1 aromatic carbocycles. The average Bonchev–Trinajstić information content (AvgIpc) is 2.41. The summed E-state index contributed by atoms with van der Waals surface area (Å²) in [5.74, 6) is 0.625. The molecule has 1 N–H and O–H groups in total. The van der Waals surface area contributed by atoms with E-state index in [-0.39, 0.29) is 10.6 Å². The molecule has 1 aliphatic heterocycles. The standard InChI is InChI=1S/C15H23N3O2/c1-12-11-17(2)10-8-14(12)16-9-7-13-5-3-4-6-15(13)18(19)20/h3-6,12,14,16H,7-11H2,1-2H3. The number of nitro groups is 1. The lowest BCUT2D eigenvalue weighted by atomic mass is 9.94. The Labute approximate surface area is 120 Å². The first-order valence-corrected chi connectivity index (χ1v) is 7.22. The molecule has 5 nitrogen and oxygen atoms in total. The number of para-hydroxylation sites is 1. The van der Waals surface area contributed by atoms with Crippen LogP contribution in [0, 0.1) is 16.0 Å². The number of piperidine rings is 1. The molecule has 2 rings (SSSR count). The first kappa shape index (κ1) is 14.9. The summed E-state index contributed by atoms with van der Waals surface area (Å²) < 4.78 is 0. The maximum Gasteiger partial charge on any atom is 0.272 e. The zero-order valence-electron chi connectivity index (χ0n) is 12.2. The van der Waals surface area contributed by atoms with E-state index in [1.807, 2.05) is 12.1 Å². The Balaban J connectivity index is 1.86. The van der Waals surface area contributed by atoms with Crippen molar-refractivity contribution in [3.63, 3.8) is 0 Å². The zero-order chi connectivity index (χ0) is 14.5. The molecule has 0 bridgehead atoms. The van der Waals surface area contributed by atoms with Crippen molar-refractivity contribution in [1.82, 2.24) is 10.2 Å². The third kappa shape index (κ3) is 3.77. The van der Waals surface area contributed by atoms with Gasteiger partial charge in [0.1, 0.15) is 0 Å². The van der Waals surface area contributed by atoms with E-state index >= 15 is 0 Å². The van der Waals surface area contributed by atoms with Gasteiger partial charge in [0.2, 0.25) is 0 Å². The summed E-state index contributed by atoms with van der Waals surface area (Å²) >= 11 is 0. The number of benzene rings is 1. The van der Waals surface area contributed by atoms with Gasteiger partial charge in [-0.25, -0.2) is 0 Å². The Morgan fingerprint density at radius 2 is 2.20 bits per heavy atom.